The molecule has 0 aromatic heterocycles. The quantitative estimate of drug-likeness (QED) is 0.447. The largest absolute Gasteiger partial charge is 0.376 e. The first kappa shape index (κ1) is 25.7. The van der Waals surface area contributed by atoms with Crippen molar-refractivity contribution in [2.45, 2.75) is 47.1 Å². The van der Waals surface area contributed by atoms with Crippen molar-refractivity contribution in [3.05, 3.63) is 0 Å². The molecule has 0 heterocycles. The first-order valence-corrected chi connectivity index (χ1v) is 8.71. The fourth-order valence-corrected chi connectivity index (χ4v) is 1.44. The topological polar surface area (TPSA) is 103 Å². The summed E-state index contributed by atoms with van der Waals surface area (Å²) in [7, 11) is 0. The van der Waals surface area contributed by atoms with E-state index in [1.165, 1.54) is 6.92 Å². The molecule has 2 N–H and O–H groups in total. The molecule has 25 heavy (non-hydrogen) atoms. The number of amides is 2. The van der Waals surface area contributed by atoms with E-state index in [0.29, 0.717) is 19.8 Å². The molecule has 0 aliphatic rings. The lowest BCUT2D eigenvalue weighted by molar-refractivity contribution is -0.126. The average Bonchev–Trinajstić information content (AvgIpc) is 2.55. The lowest BCUT2D eigenvalue weighted by Crippen LogP contribution is -2.34. The van der Waals surface area contributed by atoms with E-state index in [-0.39, 0.29) is 59.3 Å². The van der Waals surface area contributed by atoms with Gasteiger partial charge in [-0.2, -0.15) is 0 Å². The Bertz CT molecular complexity index is 371. The van der Waals surface area contributed by atoms with Crippen LogP contribution < -0.4 is 10.6 Å². The van der Waals surface area contributed by atoms with Crippen LogP contribution in [0.15, 0.2) is 0 Å². The van der Waals surface area contributed by atoms with Gasteiger partial charge in [-0.25, -0.2) is 0 Å². The summed E-state index contributed by atoms with van der Waals surface area (Å²) in [6, 6.07) is 0. The fourth-order valence-electron chi connectivity index (χ4n) is 1.44. The van der Waals surface area contributed by atoms with Crippen LogP contribution in [-0.4, -0.2) is 69.8 Å². The predicted octanol–water partition coefficient (Wildman–Crippen LogP) is 1.17. The molecule has 152 valence electrons. The van der Waals surface area contributed by atoms with Crippen LogP contribution in [0.4, 0.5) is 0 Å². The van der Waals surface area contributed by atoms with Gasteiger partial charge >= 0.3 is 0 Å². The highest BCUT2D eigenvalue weighted by Gasteiger charge is 2.04. The van der Waals surface area contributed by atoms with Gasteiger partial charge in [0.15, 0.2) is 5.78 Å². The maximum Gasteiger partial charge on any atom is 0.246 e. The zero-order valence-electron chi connectivity index (χ0n) is 16.2. The first-order valence-electron chi connectivity index (χ1n) is 8.71. The van der Waals surface area contributed by atoms with Gasteiger partial charge < -0.3 is 24.8 Å². The van der Waals surface area contributed by atoms with Crippen LogP contribution in [0.2, 0.25) is 0 Å². The van der Waals surface area contributed by atoms with Crippen molar-refractivity contribution in [2.75, 3.05) is 46.1 Å². The number of hydrogen-bond acceptors (Lipinski definition) is 6. The highest BCUT2D eigenvalue weighted by molar-refractivity contribution is 5.79. The summed E-state index contributed by atoms with van der Waals surface area (Å²) >= 11 is 0. The van der Waals surface area contributed by atoms with Crippen LogP contribution in [0, 0.1) is 0 Å². The van der Waals surface area contributed by atoms with Gasteiger partial charge in [0.05, 0.1) is 25.9 Å². The Labute approximate surface area is 153 Å². The third-order valence-corrected chi connectivity index (χ3v) is 2.46. The molecule has 0 rings (SSSR count). The van der Waals surface area contributed by atoms with E-state index in [1.807, 2.05) is 27.7 Å². The van der Waals surface area contributed by atoms with Crippen LogP contribution in [0.3, 0.4) is 0 Å². The van der Waals surface area contributed by atoms with Gasteiger partial charge in [0, 0.05) is 22.4 Å². The molecular formula is C17H38N2O6. The molecule has 0 saturated carbocycles. The normalized spacial score (nSPS) is 10.0. The maximum atomic E-state index is 11.5. The summed E-state index contributed by atoms with van der Waals surface area (Å²) in [5, 5.41) is 5.21. The lowest BCUT2D eigenvalue weighted by Gasteiger charge is -2.09. The summed E-state index contributed by atoms with van der Waals surface area (Å²) in [6.07, 6.45) is 0.313. The van der Waals surface area contributed by atoms with E-state index in [2.05, 4.69) is 10.6 Å². The van der Waals surface area contributed by atoms with Crippen molar-refractivity contribution in [3.8, 4) is 0 Å². The molecule has 0 aromatic carbocycles. The minimum atomic E-state index is -0.271. The number of nitrogens with one attached hydrogen (secondary N) is 2. The number of carbonyl (C=O) groups is 3. The third kappa shape index (κ3) is 22.5. The van der Waals surface area contributed by atoms with E-state index in [0.717, 1.165) is 0 Å². The number of ether oxygens (including phenoxy) is 3. The molecule has 0 unspecified atom stereocenters. The van der Waals surface area contributed by atoms with Crippen molar-refractivity contribution in [3.63, 3.8) is 0 Å². The maximum absolute atomic E-state index is 11.5. The van der Waals surface area contributed by atoms with E-state index in [9.17, 15) is 14.4 Å². The second-order valence-electron chi connectivity index (χ2n) is 5.18. The van der Waals surface area contributed by atoms with Gasteiger partial charge in [0.2, 0.25) is 11.8 Å². The smallest absolute Gasteiger partial charge is 0.246 e. The van der Waals surface area contributed by atoms with Crippen LogP contribution in [0.1, 0.15) is 43.9 Å². The SMILES string of the molecule is CC.CC(=O)COCCNC(=O)CCNC(=O)COCCOC(C)C.[HH].[HH]. The molecule has 8 heteroatoms. The number of hydrogen-bond donors (Lipinski definition) is 2. The molecule has 8 nitrogen and oxygen atoms in total. The van der Waals surface area contributed by atoms with Gasteiger partial charge in [0.1, 0.15) is 13.2 Å². The number of ketones is 1. The zero-order valence-corrected chi connectivity index (χ0v) is 16.2. The van der Waals surface area contributed by atoms with E-state index in [4.69, 9.17) is 14.2 Å². The van der Waals surface area contributed by atoms with Crippen molar-refractivity contribution in [1.82, 2.24) is 10.6 Å². The van der Waals surface area contributed by atoms with Crippen molar-refractivity contribution >= 4 is 17.6 Å². The summed E-state index contributed by atoms with van der Waals surface area (Å²) < 4.78 is 15.4. The van der Waals surface area contributed by atoms with Crippen LogP contribution in [0.5, 0.6) is 0 Å². The molecule has 0 bridgehead atoms. The molecule has 0 fully saturated rings. The molecule has 0 aromatic rings. The number of Topliss-reactive ketones (excluding diaryl/α,β-unsaturated/α-hetero) is 1. The van der Waals surface area contributed by atoms with E-state index < -0.39 is 0 Å². The Kier molecular flexibility index (Phi) is 19.4. The van der Waals surface area contributed by atoms with Crippen LogP contribution in [-0.2, 0) is 28.6 Å². The second kappa shape index (κ2) is 18.8. The molecule has 0 aliphatic carbocycles. The summed E-state index contributed by atoms with van der Waals surface area (Å²) in [5.74, 6) is -0.521. The van der Waals surface area contributed by atoms with Gasteiger partial charge in [-0.05, 0) is 20.8 Å². The Morgan fingerprint density at radius 2 is 1.48 bits per heavy atom. The Morgan fingerprint density at radius 3 is 2.08 bits per heavy atom. The van der Waals surface area contributed by atoms with Gasteiger partial charge in [-0.15, -0.1) is 0 Å². The molecule has 0 aliphatic heterocycles. The number of carbonyl (C=O) groups excluding carboxylic acids is 3. The predicted molar refractivity (Wildman–Crippen MR) is 99.6 cm³/mol. The van der Waals surface area contributed by atoms with Crippen molar-refractivity contribution in [1.29, 1.82) is 0 Å². The molecular weight excluding hydrogens is 328 g/mol. The molecule has 0 saturated heterocycles. The van der Waals surface area contributed by atoms with E-state index in [1.54, 1.807) is 0 Å². The van der Waals surface area contributed by atoms with Crippen molar-refractivity contribution in [2.24, 2.45) is 0 Å². The van der Waals surface area contributed by atoms with E-state index >= 15 is 0 Å². The minimum Gasteiger partial charge on any atom is -0.376 e. The van der Waals surface area contributed by atoms with Gasteiger partial charge in [0.25, 0.3) is 0 Å². The Hall–Kier alpha value is -1.51. The number of rotatable bonds is 14. The third-order valence-electron chi connectivity index (χ3n) is 2.46. The van der Waals surface area contributed by atoms with Gasteiger partial charge in [-0.1, -0.05) is 13.8 Å². The Morgan fingerprint density at radius 1 is 0.880 bits per heavy atom. The summed E-state index contributed by atoms with van der Waals surface area (Å²) in [5.41, 5.74) is 0. The first-order chi connectivity index (χ1) is 11.9. The standard InChI is InChI=1S/C15H28N2O6.C2H6.2H2/c1-12(2)23-9-8-22-11-15(20)16-5-4-14(19)17-6-7-21-10-13(3)18;1-2;;/h12H,4-11H2,1-3H3,(H,16,20)(H,17,19);1-2H3;2*1H. The minimum absolute atomic E-state index is 0. The monoisotopic (exact) mass is 366 g/mol. The average molecular weight is 366 g/mol. The molecule has 0 atom stereocenters. The molecule has 0 radical (unpaired) electrons. The highest BCUT2D eigenvalue weighted by atomic mass is 16.5. The van der Waals surface area contributed by atoms with Crippen LogP contribution in [0.25, 0.3) is 0 Å². The lowest BCUT2D eigenvalue weighted by atomic mass is 10.4. The van der Waals surface area contributed by atoms with Crippen LogP contribution >= 0.6 is 0 Å². The highest BCUT2D eigenvalue weighted by Crippen LogP contribution is 1.87. The van der Waals surface area contributed by atoms with Crippen molar-refractivity contribution < 1.29 is 31.4 Å². The zero-order chi connectivity index (χ0) is 19.5. The second-order valence-corrected chi connectivity index (χ2v) is 5.18. The summed E-state index contributed by atoms with van der Waals surface area (Å²) in [4.78, 5) is 33.5. The summed E-state index contributed by atoms with van der Waals surface area (Å²) in [6.45, 7) is 10.9. The molecule has 2 amide bonds. The molecule has 0 spiro atoms. The Balaban J connectivity index is -0.000000637. The fraction of sp³-hybridized carbons (Fsp3) is 0.824. The van der Waals surface area contributed by atoms with Gasteiger partial charge in [-0.3, -0.25) is 14.4 Å².